The minimum atomic E-state index is -0.0625. The SMILES string of the molecule is COc1cc(/C=c2\sc3nc4ccccc4n3c2=O)ccc1OCc1ccccc1C. The molecule has 5 aromatic rings. The van der Waals surface area contributed by atoms with Crippen LogP contribution in [0.2, 0.25) is 0 Å². The van der Waals surface area contributed by atoms with Crippen molar-refractivity contribution in [1.82, 2.24) is 9.38 Å². The number of para-hydroxylation sites is 2. The number of aryl methyl sites for hydroxylation is 1. The van der Waals surface area contributed by atoms with Crippen LogP contribution in [0.1, 0.15) is 16.7 Å². The Kier molecular flexibility index (Phi) is 4.92. The van der Waals surface area contributed by atoms with Gasteiger partial charge in [-0.2, -0.15) is 0 Å². The molecule has 0 fully saturated rings. The zero-order chi connectivity index (χ0) is 21.4. The van der Waals surface area contributed by atoms with Crippen molar-refractivity contribution < 1.29 is 9.47 Å². The van der Waals surface area contributed by atoms with Crippen LogP contribution in [-0.2, 0) is 6.61 Å². The van der Waals surface area contributed by atoms with Gasteiger partial charge in [-0.05, 0) is 54.0 Å². The van der Waals surface area contributed by atoms with Gasteiger partial charge in [0.25, 0.3) is 5.56 Å². The summed E-state index contributed by atoms with van der Waals surface area (Å²) in [6.07, 6.45) is 1.87. The number of nitrogens with zero attached hydrogens (tertiary/aromatic N) is 2. The number of methoxy groups -OCH3 is 1. The highest BCUT2D eigenvalue weighted by Gasteiger charge is 2.11. The Morgan fingerprint density at radius 1 is 1.03 bits per heavy atom. The van der Waals surface area contributed by atoms with Crippen molar-refractivity contribution in [3.63, 3.8) is 0 Å². The normalized spacial score (nSPS) is 12.0. The summed E-state index contributed by atoms with van der Waals surface area (Å²) in [6, 6.07) is 21.5. The summed E-state index contributed by atoms with van der Waals surface area (Å²) in [5.41, 5.74) is 4.78. The summed E-state index contributed by atoms with van der Waals surface area (Å²) in [5, 5.41) is 0. The highest BCUT2D eigenvalue weighted by atomic mass is 32.1. The Balaban J connectivity index is 1.48. The molecule has 0 saturated heterocycles. The Morgan fingerprint density at radius 3 is 2.68 bits per heavy atom. The van der Waals surface area contributed by atoms with E-state index in [1.54, 1.807) is 11.5 Å². The molecular weight excluding hydrogens is 408 g/mol. The van der Waals surface area contributed by atoms with Crippen LogP contribution in [0.5, 0.6) is 11.5 Å². The maximum atomic E-state index is 13.0. The third kappa shape index (κ3) is 3.55. The van der Waals surface area contributed by atoms with Gasteiger partial charge in [0.15, 0.2) is 16.5 Å². The fourth-order valence-corrected chi connectivity index (χ4v) is 4.57. The van der Waals surface area contributed by atoms with Gasteiger partial charge in [0, 0.05) is 0 Å². The van der Waals surface area contributed by atoms with Crippen molar-refractivity contribution in [3.8, 4) is 11.5 Å². The smallest absolute Gasteiger partial charge is 0.274 e. The van der Waals surface area contributed by atoms with Crippen molar-refractivity contribution in [3.05, 3.63) is 98.3 Å². The van der Waals surface area contributed by atoms with Gasteiger partial charge < -0.3 is 9.47 Å². The molecule has 0 spiro atoms. The predicted octanol–water partition coefficient (Wildman–Crippen LogP) is 4.35. The summed E-state index contributed by atoms with van der Waals surface area (Å²) < 4.78 is 13.8. The Hall–Kier alpha value is -3.64. The van der Waals surface area contributed by atoms with E-state index in [2.05, 4.69) is 24.0 Å². The molecule has 154 valence electrons. The quantitative estimate of drug-likeness (QED) is 0.418. The number of fused-ring (bicyclic) bond motifs is 3. The van der Waals surface area contributed by atoms with Gasteiger partial charge in [0.1, 0.15) is 6.61 Å². The van der Waals surface area contributed by atoms with E-state index >= 15 is 0 Å². The number of aromatic nitrogens is 2. The minimum Gasteiger partial charge on any atom is -0.493 e. The van der Waals surface area contributed by atoms with Gasteiger partial charge >= 0.3 is 0 Å². The van der Waals surface area contributed by atoms with Crippen LogP contribution in [-0.4, -0.2) is 16.5 Å². The molecule has 2 aromatic heterocycles. The molecule has 5 rings (SSSR count). The summed E-state index contributed by atoms with van der Waals surface area (Å²) >= 11 is 1.38. The van der Waals surface area contributed by atoms with Crippen LogP contribution in [0.25, 0.3) is 22.1 Å². The fraction of sp³-hybridized carbons (Fsp3) is 0.120. The minimum absolute atomic E-state index is 0.0625. The van der Waals surface area contributed by atoms with E-state index in [-0.39, 0.29) is 5.56 Å². The van der Waals surface area contributed by atoms with Crippen LogP contribution in [0.15, 0.2) is 71.5 Å². The molecule has 0 saturated carbocycles. The highest BCUT2D eigenvalue weighted by molar-refractivity contribution is 7.15. The predicted molar refractivity (Wildman–Crippen MR) is 124 cm³/mol. The van der Waals surface area contributed by atoms with Crippen molar-refractivity contribution in [1.29, 1.82) is 0 Å². The lowest BCUT2D eigenvalue weighted by Gasteiger charge is -2.12. The molecule has 0 amide bonds. The third-order valence-electron chi connectivity index (χ3n) is 5.28. The number of imidazole rings is 1. The summed E-state index contributed by atoms with van der Waals surface area (Å²) in [6.45, 7) is 2.53. The first-order chi connectivity index (χ1) is 15.1. The zero-order valence-electron chi connectivity index (χ0n) is 17.2. The van der Waals surface area contributed by atoms with Gasteiger partial charge in [-0.3, -0.25) is 4.79 Å². The largest absolute Gasteiger partial charge is 0.493 e. The van der Waals surface area contributed by atoms with Crippen LogP contribution < -0.4 is 19.6 Å². The van der Waals surface area contributed by atoms with Crippen molar-refractivity contribution in [2.75, 3.05) is 7.11 Å². The van der Waals surface area contributed by atoms with Crippen molar-refractivity contribution in [2.24, 2.45) is 0 Å². The van der Waals surface area contributed by atoms with E-state index in [1.807, 2.05) is 60.7 Å². The van der Waals surface area contributed by atoms with Crippen LogP contribution in [0.4, 0.5) is 0 Å². The van der Waals surface area contributed by atoms with Gasteiger partial charge in [-0.15, -0.1) is 0 Å². The molecule has 0 radical (unpaired) electrons. The van der Waals surface area contributed by atoms with Gasteiger partial charge in [0.2, 0.25) is 0 Å². The molecule has 31 heavy (non-hydrogen) atoms. The average molecular weight is 429 g/mol. The van der Waals surface area contributed by atoms with Crippen molar-refractivity contribution in [2.45, 2.75) is 13.5 Å². The number of hydrogen-bond acceptors (Lipinski definition) is 5. The molecule has 0 atom stereocenters. The van der Waals surface area contributed by atoms with Crippen LogP contribution in [0.3, 0.4) is 0 Å². The highest BCUT2D eigenvalue weighted by Crippen LogP contribution is 2.29. The second kappa shape index (κ2) is 7.89. The zero-order valence-corrected chi connectivity index (χ0v) is 18.0. The number of ether oxygens (including phenoxy) is 2. The van der Waals surface area contributed by atoms with Gasteiger partial charge in [0.05, 0.1) is 22.7 Å². The number of rotatable bonds is 5. The summed E-state index contributed by atoms with van der Waals surface area (Å²) in [4.78, 5) is 18.2. The Labute approximate surface area is 182 Å². The number of thiazole rings is 1. The Morgan fingerprint density at radius 2 is 1.84 bits per heavy atom. The van der Waals surface area contributed by atoms with E-state index < -0.39 is 0 Å². The molecule has 2 heterocycles. The Bertz CT molecular complexity index is 1520. The number of benzene rings is 3. The second-order valence-electron chi connectivity index (χ2n) is 7.26. The van der Waals surface area contributed by atoms with E-state index in [0.29, 0.717) is 27.6 Å². The van der Waals surface area contributed by atoms with Gasteiger partial charge in [-0.25, -0.2) is 9.38 Å². The maximum absolute atomic E-state index is 13.0. The molecular formula is C25H20N2O3S. The topological polar surface area (TPSA) is 52.8 Å². The second-order valence-corrected chi connectivity index (χ2v) is 8.27. The molecule has 6 heteroatoms. The number of hydrogen-bond donors (Lipinski definition) is 0. The van der Waals surface area contributed by atoms with Crippen LogP contribution >= 0.6 is 11.3 Å². The lowest BCUT2D eigenvalue weighted by atomic mass is 10.1. The molecule has 0 bridgehead atoms. The average Bonchev–Trinajstić information content (AvgIpc) is 3.29. The maximum Gasteiger partial charge on any atom is 0.274 e. The standard InChI is InChI=1S/C25H20N2O3S/c1-16-7-3-4-8-18(16)15-30-21-12-11-17(13-22(21)29-2)14-23-24(28)27-20-10-6-5-9-19(20)26-25(27)31-23/h3-14H,15H2,1-2H3/b23-14-. The monoisotopic (exact) mass is 428 g/mol. The van der Waals surface area contributed by atoms with Gasteiger partial charge in [-0.1, -0.05) is 53.8 Å². The van der Waals surface area contributed by atoms with Crippen molar-refractivity contribution >= 4 is 33.4 Å². The summed E-state index contributed by atoms with van der Waals surface area (Å²) in [7, 11) is 1.62. The molecule has 0 aliphatic heterocycles. The molecule has 0 N–H and O–H groups in total. The van der Waals surface area contributed by atoms with E-state index in [4.69, 9.17) is 9.47 Å². The third-order valence-corrected chi connectivity index (χ3v) is 6.24. The molecule has 0 aliphatic carbocycles. The van der Waals surface area contributed by atoms with E-state index in [1.165, 1.54) is 16.9 Å². The first-order valence-electron chi connectivity index (χ1n) is 9.91. The summed E-state index contributed by atoms with van der Waals surface area (Å²) in [5.74, 6) is 1.29. The first-order valence-corrected chi connectivity index (χ1v) is 10.7. The molecule has 0 aliphatic rings. The molecule has 0 unspecified atom stereocenters. The molecule has 5 nitrogen and oxygen atoms in total. The first kappa shape index (κ1) is 19.3. The lowest BCUT2D eigenvalue weighted by Crippen LogP contribution is -2.22. The van der Waals surface area contributed by atoms with E-state index in [9.17, 15) is 4.79 Å². The lowest BCUT2D eigenvalue weighted by molar-refractivity contribution is 0.284. The fourth-order valence-electron chi connectivity index (χ4n) is 3.58. The van der Waals surface area contributed by atoms with Crippen LogP contribution in [0, 0.1) is 6.92 Å². The molecule has 3 aromatic carbocycles. The van der Waals surface area contributed by atoms with E-state index in [0.717, 1.165) is 22.2 Å².